The Balaban J connectivity index is 1.66. The molecule has 2 heterocycles. The van der Waals surface area contributed by atoms with Gasteiger partial charge in [-0.15, -0.1) is 11.3 Å². The van der Waals surface area contributed by atoms with Gasteiger partial charge in [0.2, 0.25) is 5.91 Å². The summed E-state index contributed by atoms with van der Waals surface area (Å²) >= 11 is 1.51. The van der Waals surface area contributed by atoms with Crippen molar-refractivity contribution < 1.29 is 9.53 Å². The summed E-state index contributed by atoms with van der Waals surface area (Å²) in [5.41, 5.74) is 0.804. The second-order valence-corrected chi connectivity index (χ2v) is 6.02. The van der Waals surface area contributed by atoms with Crippen LogP contribution < -0.4 is 15.6 Å². The summed E-state index contributed by atoms with van der Waals surface area (Å²) in [6, 6.07) is 11.1. The number of nitrogens with zero attached hydrogens (tertiary/aromatic N) is 1. The molecule has 0 aliphatic rings. The van der Waals surface area contributed by atoms with Gasteiger partial charge in [-0.3, -0.25) is 9.59 Å². The average molecular weight is 328 g/mol. The smallest absolute Gasteiger partial charge is 0.259 e. The zero-order valence-electron chi connectivity index (χ0n) is 12.6. The molecule has 0 aliphatic heterocycles. The maximum atomic E-state index is 12.3. The van der Waals surface area contributed by atoms with Gasteiger partial charge in [0.25, 0.3) is 5.56 Å². The largest absolute Gasteiger partial charge is 0.497 e. The van der Waals surface area contributed by atoms with Crippen LogP contribution in [-0.4, -0.2) is 17.6 Å². The van der Waals surface area contributed by atoms with E-state index in [4.69, 9.17) is 4.74 Å². The van der Waals surface area contributed by atoms with E-state index in [0.29, 0.717) is 11.9 Å². The first-order chi connectivity index (χ1) is 11.2. The summed E-state index contributed by atoms with van der Waals surface area (Å²) in [6.07, 6.45) is 1.66. The van der Waals surface area contributed by atoms with Crippen molar-refractivity contribution in [1.29, 1.82) is 0 Å². The van der Waals surface area contributed by atoms with Crippen LogP contribution in [0.25, 0.3) is 10.1 Å². The highest BCUT2D eigenvalue weighted by molar-refractivity contribution is 7.17. The van der Waals surface area contributed by atoms with Gasteiger partial charge in [-0.25, -0.2) is 0 Å². The quantitative estimate of drug-likeness (QED) is 0.782. The second-order valence-electron chi connectivity index (χ2n) is 5.08. The molecule has 3 aromatic rings. The lowest BCUT2D eigenvalue weighted by Gasteiger charge is -2.08. The Bertz CT molecular complexity index is 898. The van der Waals surface area contributed by atoms with E-state index in [9.17, 15) is 9.59 Å². The first-order valence-corrected chi connectivity index (χ1v) is 8.01. The zero-order chi connectivity index (χ0) is 16.2. The van der Waals surface area contributed by atoms with Crippen molar-refractivity contribution in [3.8, 4) is 5.75 Å². The lowest BCUT2D eigenvalue weighted by atomic mass is 10.2. The Labute approximate surface area is 137 Å². The molecule has 23 heavy (non-hydrogen) atoms. The minimum absolute atomic E-state index is 0.00852. The number of carbonyl (C=O) groups is 1. The van der Waals surface area contributed by atoms with E-state index in [-0.39, 0.29) is 18.0 Å². The van der Waals surface area contributed by atoms with Gasteiger partial charge >= 0.3 is 0 Å². The molecule has 0 radical (unpaired) electrons. The lowest BCUT2D eigenvalue weighted by Crippen LogP contribution is -2.31. The molecule has 1 aromatic carbocycles. The molecule has 0 saturated carbocycles. The van der Waals surface area contributed by atoms with E-state index in [1.807, 2.05) is 35.7 Å². The number of amides is 1. The fraction of sp³-hybridized carbons (Fsp3) is 0.176. The molecule has 0 spiro atoms. The van der Waals surface area contributed by atoms with Crippen molar-refractivity contribution in [3.63, 3.8) is 0 Å². The summed E-state index contributed by atoms with van der Waals surface area (Å²) in [4.78, 5) is 24.3. The molecule has 1 amide bonds. The molecule has 5 nitrogen and oxygen atoms in total. The number of hydrogen-bond acceptors (Lipinski definition) is 4. The fourth-order valence-electron chi connectivity index (χ4n) is 2.33. The average Bonchev–Trinajstić information content (AvgIpc) is 3.05. The highest BCUT2D eigenvalue weighted by Gasteiger charge is 2.08. The van der Waals surface area contributed by atoms with Crippen molar-refractivity contribution in [2.45, 2.75) is 13.1 Å². The summed E-state index contributed by atoms with van der Waals surface area (Å²) in [5, 5.41) is 5.34. The molecule has 2 aromatic heterocycles. The second kappa shape index (κ2) is 6.66. The van der Waals surface area contributed by atoms with E-state index in [2.05, 4.69) is 5.32 Å². The number of pyridine rings is 1. The molecule has 0 atom stereocenters. The number of hydrogen-bond donors (Lipinski definition) is 1. The maximum absolute atomic E-state index is 12.3. The van der Waals surface area contributed by atoms with Crippen LogP contribution >= 0.6 is 11.3 Å². The van der Waals surface area contributed by atoms with Gasteiger partial charge in [0, 0.05) is 17.4 Å². The first kappa shape index (κ1) is 15.3. The minimum atomic E-state index is -0.204. The molecular formula is C17H16N2O3S. The van der Waals surface area contributed by atoms with Crippen molar-refractivity contribution >= 4 is 27.3 Å². The van der Waals surface area contributed by atoms with Crippen LogP contribution in [0.2, 0.25) is 0 Å². The molecule has 118 valence electrons. The topological polar surface area (TPSA) is 60.3 Å². The van der Waals surface area contributed by atoms with Gasteiger partial charge in [0.05, 0.1) is 12.5 Å². The lowest BCUT2D eigenvalue weighted by molar-refractivity contribution is -0.121. The van der Waals surface area contributed by atoms with Crippen LogP contribution in [0.5, 0.6) is 5.75 Å². The van der Waals surface area contributed by atoms with Crippen molar-refractivity contribution in [2.24, 2.45) is 0 Å². The Hall–Kier alpha value is -2.60. The molecule has 0 bridgehead atoms. The van der Waals surface area contributed by atoms with Crippen molar-refractivity contribution in [1.82, 2.24) is 9.88 Å². The van der Waals surface area contributed by atoms with Gasteiger partial charge in [0.1, 0.15) is 12.3 Å². The minimum Gasteiger partial charge on any atom is -0.497 e. The summed E-state index contributed by atoms with van der Waals surface area (Å²) in [5.74, 6) is 0.542. The highest BCUT2D eigenvalue weighted by Crippen LogP contribution is 2.16. The number of carbonyl (C=O) groups excluding carboxylic acids is 1. The molecule has 0 fully saturated rings. The third-order valence-corrected chi connectivity index (χ3v) is 4.41. The molecule has 1 N–H and O–H groups in total. The predicted octanol–water partition coefficient (Wildman–Crippen LogP) is 2.39. The Morgan fingerprint density at radius 1 is 1.30 bits per heavy atom. The Kier molecular flexibility index (Phi) is 4.43. The Morgan fingerprint density at radius 2 is 2.17 bits per heavy atom. The van der Waals surface area contributed by atoms with E-state index in [1.54, 1.807) is 19.4 Å². The molecule has 0 unspecified atom stereocenters. The molecule has 6 heteroatoms. The van der Waals surface area contributed by atoms with E-state index < -0.39 is 0 Å². The van der Waals surface area contributed by atoms with E-state index in [0.717, 1.165) is 16.0 Å². The van der Waals surface area contributed by atoms with Crippen LogP contribution in [0.1, 0.15) is 5.56 Å². The number of nitrogens with one attached hydrogen (secondary N) is 1. The third-order valence-electron chi connectivity index (χ3n) is 3.53. The van der Waals surface area contributed by atoms with Gasteiger partial charge in [-0.1, -0.05) is 12.1 Å². The number of thiophene rings is 1. The van der Waals surface area contributed by atoms with Crippen LogP contribution in [0.3, 0.4) is 0 Å². The number of fused-ring (bicyclic) bond motifs is 1. The Morgan fingerprint density at radius 3 is 3.00 bits per heavy atom. The predicted molar refractivity (Wildman–Crippen MR) is 90.9 cm³/mol. The van der Waals surface area contributed by atoms with Crippen LogP contribution in [0, 0.1) is 0 Å². The summed E-state index contributed by atoms with van der Waals surface area (Å²) in [7, 11) is 1.60. The zero-order valence-corrected chi connectivity index (χ0v) is 13.4. The van der Waals surface area contributed by atoms with Crippen LogP contribution in [-0.2, 0) is 17.9 Å². The number of ether oxygens (including phenoxy) is 1. The third kappa shape index (κ3) is 3.43. The van der Waals surface area contributed by atoms with Crippen LogP contribution in [0.15, 0.2) is 52.8 Å². The maximum Gasteiger partial charge on any atom is 0.259 e. The van der Waals surface area contributed by atoms with Gasteiger partial charge in [0.15, 0.2) is 0 Å². The molecule has 3 rings (SSSR count). The van der Waals surface area contributed by atoms with Gasteiger partial charge < -0.3 is 14.6 Å². The molecule has 0 aliphatic carbocycles. The van der Waals surface area contributed by atoms with Crippen molar-refractivity contribution in [2.75, 3.05) is 7.11 Å². The van der Waals surface area contributed by atoms with E-state index in [1.165, 1.54) is 15.9 Å². The normalized spacial score (nSPS) is 10.7. The standard InChI is InChI=1S/C17H16N2O3S/c1-22-13-4-2-3-12(9-13)10-18-16(20)11-19-7-5-15-14(17(19)21)6-8-23-15/h2-9H,10-11H2,1H3,(H,18,20). The van der Waals surface area contributed by atoms with Gasteiger partial charge in [-0.2, -0.15) is 0 Å². The van der Waals surface area contributed by atoms with Crippen molar-refractivity contribution in [3.05, 3.63) is 63.9 Å². The molecular weight excluding hydrogens is 312 g/mol. The van der Waals surface area contributed by atoms with Crippen LogP contribution in [0.4, 0.5) is 0 Å². The fourth-order valence-corrected chi connectivity index (χ4v) is 3.10. The monoisotopic (exact) mass is 328 g/mol. The highest BCUT2D eigenvalue weighted by atomic mass is 32.1. The number of rotatable bonds is 5. The van der Waals surface area contributed by atoms with E-state index >= 15 is 0 Å². The number of aromatic nitrogens is 1. The first-order valence-electron chi connectivity index (χ1n) is 7.13. The SMILES string of the molecule is COc1cccc(CNC(=O)Cn2ccc3sccc3c2=O)c1. The number of benzene rings is 1. The summed E-state index contributed by atoms with van der Waals surface area (Å²) < 4.78 is 7.51. The van der Waals surface area contributed by atoms with Gasteiger partial charge in [-0.05, 0) is 35.2 Å². The molecule has 0 saturated heterocycles. The number of methoxy groups -OCH3 is 1. The summed E-state index contributed by atoms with van der Waals surface area (Å²) in [6.45, 7) is 0.403.